The van der Waals surface area contributed by atoms with Crippen molar-refractivity contribution >= 4 is 22.6 Å². The van der Waals surface area contributed by atoms with Crippen LogP contribution in [-0.4, -0.2) is 22.1 Å². The molecule has 0 aromatic carbocycles. The first-order chi connectivity index (χ1) is 8.68. The number of rotatable bonds is 4. The summed E-state index contributed by atoms with van der Waals surface area (Å²) in [6.07, 6.45) is 8.24. The molecule has 5 heteroatoms. The summed E-state index contributed by atoms with van der Waals surface area (Å²) >= 11 is 2.05. The number of hydrogen-bond acceptors (Lipinski definition) is 3. The van der Waals surface area contributed by atoms with Crippen LogP contribution in [-0.2, 0) is 6.54 Å². The third-order valence-electron chi connectivity index (χ3n) is 3.58. The molecule has 0 aliphatic heterocycles. The molecule has 0 bridgehead atoms. The SMILES string of the molecule is Cc1ncc(I)c(=O)n1CCNC1CCCCC1. The number of hydrogen-bond donors (Lipinski definition) is 1. The lowest BCUT2D eigenvalue weighted by molar-refractivity contribution is 0.366. The van der Waals surface area contributed by atoms with Crippen LogP contribution >= 0.6 is 22.6 Å². The predicted octanol–water partition coefficient (Wildman–Crippen LogP) is 2.08. The summed E-state index contributed by atoms with van der Waals surface area (Å²) in [4.78, 5) is 16.2. The van der Waals surface area contributed by atoms with Crippen molar-refractivity contribution in [1.29, 1.82) is 0 Å². The minimum absolute atomic E-state index is 0.0774. The molecule has 1 aliphatic rings. The van der Waals surface area contributed by atoms with E-state index in [4.69, 9.17) is 0 Å². The molecule has 100 valence electrons. The van der Waals surface area contributed by atoms with Gasteiger partial charge in [0.2, 0.25) is 0 Å². The Balaban J connectivity index is 1.90. The molecule has 0 radical (unpaired) electrons. The number of aryl methyl sites for hydroxylation is 1. The van der Waals surface area contributed by atoms with Crippen LogP contribution in [0.2, 0.25) is 0 Å². The van der Waals surface area contributed by atoms with Crippen molar-refractivity contribution in [3.05, 3.63) is 25.9 Å². The molecule has 0 saturated heterocycles. The average molecular weight is 361 g/mol. The first-order valence-corrected chi connectivity index (χ1v) is 7.71. The number of nitrogens with zero attached hydrogens (tertiary/aromatic N) is 2. The lowest BCUT2D eigenvalue weighted by Gasteiger charge is -2.23. The van der Waals surface area contributed by atoms with Gasteiger partial charge in [-0.3, -0.25) is 9.36 Å². The van der Waals surface area contributed by atoms with Gasteiger partial charge in [0.05, 0.1) is 3.57 Å². The summed E-state index contributed by atoms with van der Waals surface area (Å²) in [6, 6.07) is 0.644. The summed E-state index contributed by atoms with van der Waals surface area (Å²) in [5.74, 6) is 0.797. The molecule has 1 N–H and O–H groups in total. The van der Waals surface area contributed by atoms with Gasteiger partial charge in [-0.25, -0.2) is 4.98 Å². The van der Waals surface area contributed by atoms with Crippen LogP contribution < -0.4 is 10.9 Å². The van der Waals surface area contributed by atoms with Gasteiger partial charge >= 0.3 is 0 Å². The van der Waals surface area contributed by atoms with Gasteiger partial charge in [0, 0.05) is 25.3 Å². The summed E-state index contributed by atoms with van der Waals surface area (Å²) in [5.41, 5.74) is 0.0774. The van der Waals surface area contributed by atoms with Crippen molar-refractivity contribution in [2.75, 3.05) is 6.54 Å². The molecule has 0 spiro atoms. The third-order valence-corrected chi connectivity index (χ3v) is 4.32. The number of halogens is 1. The van der Waals surface area contributed by atoms with E-state index in [1.807, 2.05) is 29.5 Å². The van der Waals surface area contributed by atoms with Crippen LogP contribution in [0.5, 0.6) is 0 Å². The van der Waals surface area contributed by atoms with Crippen LogP contribution in [0.3, 0.4) is 0 Å². The molecule has 1 heterocycles. The topological polar surface area (TPSA) is 46.9 Å². The minimum atomic E-state index is 0.0774. The standard InChI is InChI=1S/C13H20IN3O/c1-10-16-9-12(14)13(18)17(10)8-7-15-11-5-3-2-4-6-11/h9,11,15H,2-8H2,1H3. The fourth-order valence-electron chi connectivity index (χ4n) is 2.50. The Kier molecular flexibility index (Phi) is 5.17. The first kappa shape index (κ1) is 14.0. The van der Waals surface area contributed by atoms with Crippen molar-refractivity contribution in [2.45, 2.75) is 51.6 Å². The number of nitrogens with one attached hydrogen (secondary N) is 1. The summed E-state index contributed by atoms with van der Waals surface area (Å²) in [7, 11) is 0. The minimum Gasteiger partial charge on any atom is -0.312 e. The van der Waals surface area contributed by atoms with E-state index in [2.05, 4.69) is 10.3 Å². The molecule has 1 aliphatic carbocycles. The Bertz CT molecular complexity index is 452. The molecule has 0 amide bonds. The van der Waals surface area contributed by atoms with E-state index < -0.39 is 0 Å². The van der Waals surface area contributed by atoms with Gasteiger partial charge in [-0.1, -0.05) is 19.3 Å². The zero-order valence-corrected chi connectivity index (χ0v) is 12.9. The van der Waals surface area contributed by atoms with E-state index in [9.17, 15) is 4.79 Å². The van der Waals surface area contributed by atoms with Crippen LogP contribution in [0.1, 0.15) is 37.9 Å². The Morgan fingerprint density at radius 2 is 2.17 bits per heavy atom. The fourth-order valence-corrected chi connectivity index (χ4v) is 2.93. The summed E-state index contributed by atoms with van der Waals surface area (Å²) in [5, 5.41) is 3.55. The number of aromatic nitrogens is 2. The van der Waals surface area contributed by atoms with Gasteiger partial charge in [0.1, 0.15) is 5.82 Å². The van der Waals surface area contributed by atoms with E-state index in [1.54, 1.807) is 10.8 Å². The predicted molar refractivity (Wildman–Crippen MR) is 80.8 cm³/mol. The smallest absolute Gasteiger partial charge is 0.266 e. The second-order valence-electron chi connectivity index (χ2n) is 4.90. The molecular formula is C13H20IN3O. The quantitative estimate of drug-likeness (QED) is 0.836. The zero-order valence-electron chi connectivity index (χ0n) is 10.8. The van der Waals surface area contributed by atoms with Gasteiger partial charge in [0.25, 0.3) is 5.56 Å². The highest BCUT2D eigenvalue weighted by Crippen LogP contribution is 2.17. The summed E-state index contributed by atoms with van der Waals surface area (Å²) < 4.78 is 2.45. The van der Waals surface area contributed by atoms with Crippen LogP contribution in [0.15, 0.2) is 11.0 Å². The first-order valence-electron chi connectivity index (χ1n) is 6.64. The normalized spacial score (nSPS) is 17.0. The van der Waals surface area contributed by atoms with Crippen LogP contribution in [0, 0.1) is 10.5 Å². The molecule has 1 aromatic rings. The van der Waals surface area contributed by atoms with E-state index in [0.29, 0.717) is 16.2 Å². The lowest BCUT2D eigenvalue weighted by atomic mass is 9.95. The van der Waals surface area contributed by atoms with Crippen LogP contribution in [0.4, 0.5) is 0 Å². The van der Waals surface area contributed by atoms with Gasteiger partial charge in [0.15, 0.2) is 0 Å². The molecule has 0 atom stereocenters. The largest absolute Gasteiger partial charge is 0.312 e. The molecule has 1 saturated carbocycles. The van der Waals surface area contributed by atoms with Gasteiger partial charge in [-0.2, -0.15) is 0 Å². The molecule has 2 rings (SSSR count). The highest BCUT2D eigenvalue weighted by atomic mass is 127. The second kappa shape index (κ2) is 6.65. The van der Waals surface area contributed by atoms with Gasteiger partial charge in [-0.15, -0.1) is 0 Å². The van der Waals surface area contributed by atoms with Crippen molar-refractivity contribution in [3.8, 4) is 0 Å². The molecule has 1 aromatic heterocycles. The lowest BCUT2D eigenvalue weighted by Crippen LogP contribution is -2.36. The average Bonchev–Trinajstić information content (AvgIpc) is 2.39. The van der Waals surface area contributed by atoms with Crippen molar-refractivity contribution in [1.82, 2.24) is 14.9 Å². The fraction of sp³-hybridized carbons (Fsp3) is 0.692. The highest BCUT2D eigenvalue weighted by molar-refractivity contribution is 14.1. The van der Waals surface area contributed by atoms with E-state index in [-0.39, 0.29) is 5.56 Å². The monoisotopic (exact) mass is 361 g/mol. The molecular weight excluding hydrogens is 341 g/mol. The van der Waals surface area contributed by atoms with E-state index in [1.165, 1.54) is 32.1 Å². The maximum atomic E-state index is 12.0. The molecule has 1 fully saturated rings. The Hall–Kier alpha value is -0.430. The molecule has 4 nitrogen and oxygen atoms in total. The van der Waals surface area contributed by atoms with Gasteiger partial charge in [-0.05, 0) is 42.4 Å². The highest BCUT2D eigenvalue weighted by Gasteiger charge is 2.12. The Labute approximate surface area is 121 Å². The maximum Gasteiger partial charge on any atom is 0.266 e. The van der Waals surface area contributed by atoms with Crippen molar-refractivity contribution in [3.63, 3.8) is 0 Å². The Morgan fingerprint density at radius 3 is 2.89 bits per heavy atom. The maximum absolute atomic E-state index is 12.0. The van der Waals surface area contributed by atoms with Gasteiger partial charge < -0.3 is 5.32 Å². The molecule has 0 unspecified atom stereocenters. The van der Waals surface area contributed by atoms with Crippen LogP contribution in [0.25, 0.3) is 0 Å². The third kappa shape index (κ3) is 3.54. The zero-order chi connectivity index (χ0) is 13.0. The van der Waals surface area contributed by atoms with E-state index >= 15 is 0 Å². The van der Waals surface area contributed by atoms with E-state index in [0.717, 1.165) is 12.4 Å². The molecule has 18 heavy (non-hydrogen) atoms. The van der Waals surface area contributed by atoms with Crippen molar-refractivity contribution in [2.24, 2.45) is 0 Å². The Morgan fingerprint density at radius 1 is 1.44 bits per heavy atom. The van der Waals surface area contributed by atoms with Crippen molar-refractivity contribution < 1.29 is 0 Å². The summed E-state index contributed by atoms with van der Waals surface area (Å²) in [6.45, 7) is 3.45. The second-order valence-corrected chi connectivity index (χ2v) is 6.06.